The smallest absolute Gasteiger partial charge is 0.307 e. The molecule has 78 valence electrons. The number of allylic oxidation sites excluding steroid dienone is 2. The molecule has 2 nitrogen and oxygen atoms in total. The van der Waals surface area contributed by atoms with Crippen molar-refractivity contribution in [2.24, 2.45) is 23.7 Å². The molecule has 2 aliphatic carbocycles. The van der Waals surface area contributed by atoms with E-state index in [2.05, 4.69) is 12.2 Å². The minimum atomic E-state index is -0.598. The van der Waals surface area contributed by atoms with Gasteiger partial charge in [-0.3, -0.25) is 4.79 Å². The van der Waals surface area contributed by atoms with E-state index in [1.807, 2.05) is 6.92 Å². The van der Waals surface area contributed by atoms with E-state index in [0.29, 0.717) is 11.8 Å². The zero-order valence-electron chi connectivity index (χ0n) is 8.65. The highest BCUT2D eigenvalue weighted by Gasteiger charge is 2.39. The summed E-state index contributed by atoms with van der Waals surface area (Å²) < 4.78 is 0. The second-order valence-corrected chi connectivity index (χ2v) is 4.72. The number of hydrogen-bond donors (Lipinski definition) is 1. The number of carboxylic acid groups (broad SMARTS) is 1. The summed E-state index contributed by atoms with van der Waals surface area (Å²) in [5.74, 6) is 0.429. The van der Waals surface area contributed by atoms with Gasteiger partial charge in [0.05, 0.1) is 5.92 Å². The van der Waals surface area contributed by atoms with E-state index in [4.69, 9.17) is 0 Å². The van der Waals surface area contributed by atoms with Crippen molar-refractivity contribution < 1.29 is 9.90 Å². The van der Waals surface area contributed by atoms with E-state index >= 15 is 0 Å². The van der Waals surface area contributed by atoms with E-state index in [1.54, 1.807) is 0 Å². The Kier molecular flexibility index (Phi) is 2.62. The zero-order valence-corrected chi connectivity index (χ0v) is 8.65. The summed E-state index contributed by atoms with van der Waals surface area (Å²) in [6.45, 7) is 2.03. The molecule has 1 N–H and O–H groups in total. The third-order valence-corrected chi connectivity index (χ3v) is 3.85. The van der Waals surface area contributed by atoms with Crippen LogP contribution in [0, 0.1) is 23.7 Å². The number of hydrogen-bond acceptors (Lipinski definition) is 1. The van der Waals surface area contributed by atoms with Crippen LogP contribution in [0.1, 0.15) is 32.6 Å². The molecule has 2 heteroatoms. The van der Waals surface area contributed by atoms with Gasteiger partial charge in [0.15, 0.2) is 0 Å². The quantitative estimate of drug-likeness (QED) is 0.652. The molecule has 0 saturated heterocycles. The normalized spacial score (nSPS) is 41.8. The van der Waals surface area contributed by atoms with Crippen molar-refractivity contribution in [1.29, 1.82) is 0 Å². The molecule has 0 radical (unpaired) electrons. The molecule has 0 bridgehead atoms. The number of fused-ring (bicyclic) bond motifs is 1. The molecule has 0 amide bonds. The molecule has 0 aromatic rings. The minimum Gasteiger partial charge on any atom is -0.481 e. The fourth-order valence-corrected chi connectivity index (χ4v) is 3.11. The molecule has 1 saturated carbocycles. The van der Waals surface area contributed by atoms with Gasteiger partial charge in [-0.1, -0.05) is 31.9 Å². The first-order valence-electron chi connectivity index (χ1n) is 5.61. The average molecular weight is 194 g/mol. The van der Waals surface area contributed by atoms with Crippen LogP contribution < -0.4 is 0 Å². The standard InChI is InChI=1S/C12H18O2/c1-8-6-7-9-4-2-3-5-10(9)11(8)12(13)14/h6-11H,2-5H2,1H3,(H,13,14)/t8-,9?,10?,11-/m1/s1. The lowest BCUT2D eigenvalue weighted by atomic mass is 9.65. The Morgan fingerprint density at radius 2 is 2.00 bits per heavy atom. The van der Waals surface area contributed by atoms with Gasteiger partial charge in [-0.15, -0.1) is 0 Å². The molecule has 0 aromatic carbocycles. The lowest BCUT2D eigenvalue weighted by Crippen LogP contribution is -2.37. The fourth-order valence-electron chi connectivity index (χ4n) is 3.11. The van der Waals surface area contributed by atoms with Gasteiger partial charge in [0.1, 0.15) is 0 Å². The molecule has 0 heterocycles. The zero-order chi connectivity index (χ0) is 10.1. The first kappa shape index (κ1) is 9.75. The first-order chi connectivity index (χ1) is 6.70. The number of rotatable bonds is 1. The highest BCUT2D eigenvalue weighted by atomic mass is 16.4. The summed E-state index contributed by atoms with van der Waals surface area (Å²) in [5.41, 5.74) is 0. The van der Waals surface area contributed by atoms with Crippen LogP contribution in [0.3, 0.4) is 0 Å². The Labute approximate surface area is 85.0 Å². The van der Waals surface area contributed by atoms with Crippen molar-refractivity contribution in [2.45, 2.75) is 32.6 Å². The topological polar surface area (TPSA) is 37.3 Å². The molecule has 2 rings (SSSR count). The Morgan fingerprint density at radius 1 is 1.29 bits per heavy atom. The van der Waals surface area contributed by atoms with Gasteiger partial charge >= 0.3 is 5.97 Å². The van der Waals surface area contributed by atoms with Gasteiger partial charge in [-0.2, -0.15) is 0 Å². The third kappa shape index (κ3) is 1.58. The summed E-state index contributed by atoms with van der Waals surface area (Å²) in [4.78, 5) is 11.2. The Bertz CT molecular complexity index is 257. The predicted molar refractivity (Wildman–Crippen MR) is 54.9 cm³/mol. The van der Waals surface area contributed by atoms with Crippen molar-refractivity contribution in [2.75, 3.05) is 0 Å². The van der Waals surface area contributed by atoms with E-state index < -0.39 is 5.97 Å². The van der Waals surface area contributed by atoms with Crippen LogP contribution in [-0.4, -0.2) is 11.1 Å². The van der Waals surface area contributed by atoms with Crippen molar-refractivity contribution >= 4 is 5.97 Å². The lowest BCUT2D eigenvalue weighted by molar-refractivity contribution is -0.146. The predicted octanol–water partition coefficient (Wildman–Crippen LogP) is 2.70. The number of carboxylic acids is 1. The highest BCUT2D eigenvalue weighted by Crippen LogP contribution is 2.42. The number of carbonyl (C=O) groups is 1. The molecular weight excluding hydrogens is 176 g/mol. The van der Waals surface area contributed by atoms with Crippen molar-refractivity contribution in [1.82, 2.24) is 0 Å². The van der Waals surface area contributed by atoms with Gasteiger partial charge in [-0.25, -0.2) is 0 Å². The van der Waals surface area contributed by atoms with Crippen LogP contribution in [0.15, 0.2) is 12.2 Å². The average Bonchev–Trinajstić information content (AvgIpc) is 2.17. The molecule has 2 unspecified atom stereocenters. The van der Waals surface area contributed by atoms with Crippen molar-refractivity contribution in [3.63, 3.8) is 0 Å². The monoisotopic (exact) mass is 194 g/mol. The fraction of sp³-hybridized carbons (Fsp3) is 0.750. The number of aliphatic carboxylic acids is 1. The summed E-state index contributed by atoms with van der Waals surface area (Å²) in [6.07, 6.45) is 9.14. The summed E-state index contributed by atoms with van der Waals surface area (Å²) in [7, 11) is 0. The maximum Gasteiger partial charge on any atom is 0.307 e. The molecule has 0 aliphatic heterocycles. The van der Waals surface area contributed by atoms with Crippen LogP contribution in [0.2, 0.25) is 0 Å². The molecule has 1 fully saturated rings. The van der Waals surface area contributed by atoms with Gasteiger partial charge in [0.2, 0.25) is 0 Å². The molecule has 0 aromatic heterocycles. The SMILES string of the molecule is C[C@@H]1C=CC2CCCCC2[C@@H]1C(=O)O. The summed E-state index contributed by atoms with van der Waals surface area (Å²) in [5, 5.41) is 9.21. The second-order valence-electron chi connectivity index (χ2n) is 4.72. The van der Waals surface area contributed by atoms with Crippen LogP contribution in [0.5, 0.6) is 0 Å². The Balaban J connectivity index is 2.21. The van der Waals surface area contributed by atoms with Gasteiger partial charge in [0.25, 0.3) is 0 Å². The highest BCUT2D eigenvalue weighted by molar-refractivity contribution is 5.71. The van der Waals surface area contributed by atoms with E-state index in [-0.39, 0.29) is 11.8 Å². The molecule has 2 aliphatic rings. The second kappa shape index (κ2) is 3.76. The van der Waals surface area contributed by atoms with E-state index in [9.17, 15) is 9.90 Å². The molecule has 14 heavy (non-hydrogen) atoms. The largest absolute Gasteiger partial charge is 0.481 e. The van der Waals surface area contributed by atoms with E-state index in [1.165, 1.54) is 19.3 Å². The van der Waals surface area contributed by atoms with Gasteiger partial charge in [-0.05, 0) is 30.6 Å². The van der Waals surface area contributed by atoms with Crippen LogP contribution in [0.25, 0.3) is 0 Å². The van der Waals surface area contributed by atoms with Crippen LogP contribution >= 0.6 is 0 Å². The van der Waals surface area contributed by atoms with Crippen molar-refractivity contribution in [3.8, 4) is 0 Å². The Hall–Kier alpha value is -0.790. The van der Waals surface area contributed by atoms with Gasteiger partial charge in [0, 0.05) is 0 Å². The summed E-state index contributed by atoms with van der Waals surface area (Å²) in [6, 6.07) is 0. The van der Waals surface area contributed by atoms with Crippen molar-refractivity contribution in [3.05, 3.63) is 12.2 Å². The van der Waals surface area contributed by atoms with Gasteiger partial charge < -0.3 is 5.11 Å². The molecule has 4 atom stereocenters. The molecular formula is C12H18O2. The lowest BCUT2D eigenvalue weighted by Gasteiger charge is -2.39. The first-order valence-corrected chi connectivity index (χ1v) is 5.61. The summed E-state index contributed by atoms with van der Waals surface area (Å²) >= 11 is 0. The minimum absolute atomic E-state index is 0.134. The molecule has 0 spiro atoms. The van der Waals surface area contributed by atoms with Crippen LogP contribution in [-0.2, 0) is 4.79 Å². The van der Waals surface area contributed by atoms with Crippen LogP contribution in [0.4, 0.5) is 0 Å². The Morgan fingerprint density at radius 3 is 2.71 bits per heavy atom. The maximum atomic E-state index is 11.2. The maximum absolute atomic E-state index is 11.2. The third-order valence-electron chi connectivity index (χ3n) is 3.85. The van der Waals surface area contributed by atoms with E-state index in [0.717, 1.165) is 6.42 Å².